The summed E-state index contributed by atoms with van der Waals surface area (Å²) in [4.78, 5) is 27.7. The molecule has 0 fully saturated rings. The number of nitrogens with one attached hydrogen (secondary N) is 1. The molecule has 0 aliphatic carbocycles. The SMILES string of the molecule is COc1cccc(CCn2c(-c3cccc4ncccc34)cnc3[nH]c(=O)nc2-3)c1. The van der Waals surface area contributed by atoms with Crippen molar-refractivity contribution in [3.8, 4) is 28.7 Å². The van der Waals surface area contributed by atoms with Crippen molar-refractivity contribution in [1.29, 1.82) is 0 Å². The van der Waals surface area contributed by atoms with Gasteiger partial charge in [0.2, 0.25) is 0 Å². The van der Waals surface area contributed by atoms with Crippen LogP contribution in [-0.2, 0) is 13.0 Å². The van der Waals surface area contributed by atoms with Gasteiger partial charge in [0.25, 0.3) is 0 Å². The molecule has 0 saturated carbocycles. The van der Waals surface area contributed by atoms with E-state index in [9.17, 15) is 4.79 Å². The van der Waals surface area contributed by atoms with Gasteiger partial charge in [-0.15, -0.1) is 0 Å². The quantitative estimate of drug-likeness (QED) is 0.490. The number of imidazole rings is 1. The first-order valence-electron chi connectivity index (χ1n) is 9.65. The molecule has 148 valence electrons. The van der Waals surface area contributed by atoms with Crippen molar-refractivity contribution in [2.24, 2.45) is 0 Å². The van der Waals surface area contributed by atoms with Crippen molar-refractivity contribution in [2.45, 2.75) is 13.0 Å². The van der Waals surface area contributed by atoms with E-state index >= 15 is 0 Å². The zero-order valence-electron chi connectivity index (χ0n) is 16.4. The Kier molecular flexibility index (Phi) is 4.48. The third-order valence-corrected chi connectivity index (χ3v) is 5.19. The number of fused-ring (bicyclic) bond motifs is 2. The second kappa shape index (κ2) is 7.44. The number of methoxy groups -OCH3 is 1. The second-order valence-electron chi connectivity index (χ2n) is 6.99. The number of ether oxygens (including phenoxy) is 1. The molecule has 7 nitrogen and oxygen atoms in total. The fourth-order valence-electron chi connectivity index (χ4n) is 3.76. The highest BCUT2D eigenvalue weighted by molar-refractivity contribution is 5.93. The largest absolute Gasteiger partial charge is 0.497 e. The third-order valence-electron chi connectivity index (χ3n) is 5.19. The number of nitrogens with zero attached hydrogens (tertiary/aromatic N) is 4. The Labute approximate surface area is 172 Å². The van der Waals surface area contributed by atoms with Gasteiger partial charge in [0.05, 0.1) is 24.5 Å². The lowest BCUT2D eigenvalue weighted by Crippen LogP contribution is -2.11. The van der Waals surface area contributed by atoms with Crippen LogP contribution in [0.4, 0.5) is 0 Å². The van der Waals surface area contributed by atoms with Crippen molar-refractivity contribution in [3.63, 3.8) is 0 Å². The van der Waals surface area contributed by atoms with E-state index in [0.717, 1.165) is 39.9 Å². The Morgan fingerprint density at radius 2 is 1.97 bits per heavy atom. The molecule has 0 saturated heterocycles. The number of aromatic amines is 1. The van der Waals surface area contributed by atoms with Gasteiger partial charge in [0.1, 0.15) is 5.75 Å². The van der Waals surface area contributed by atoms with Crippen LogP contribution in [-0.4, -0.2) is 31.6 Å². The highest BCUT2D eigenvalue weighted by Gasteiger charge is 2.19. The summed E-state index contributed by atoms with van der Waals surface area (Å²) in [5, 5.41) is 1.02. The molecule has 0 radical (unpaired) electrons. The molecule has 0 bridgehead atoms. The van der Waals surface area contributed by atoms with Gasteiger partial charge < -0.3 is 9.30 Å². The van der Waals surface area contributed by atoms with Crippen LogP contribution in [0.2, 0.25) is 0 Å². The topological polar surface area (TPSA) is 85.7 Å². The van der Waals surface area contributed by atoms with E-state index in [-0.39, 0.29) is 0 Å². The van der Waals surface area contributed by atoms with Crippen LogP contribution in [0.15, 0.2) is 71.8 Å². The molecule has 2 aromatic carbocycles. The zero-order chi connectivity index (χ0) is 20.5. The predicted octanol–water partition coefficient (Wildman–Crippen LogP) is 3.54. The summed E-state index contributed by atoms with van der Waals surface area (Å²) in [6.45, 7) is 0.627. The van der Waals surface area contributed by atoms with E-state index in [1.165, 1.54) is 0 Å². The van der Waals surface area contributed by atoms with E-state index in [0.29, 0.717) is 18.2 Å². The summed E-state index contributed by atoms with van der Waals surface area (Å²) in [7, 11) is 1.66. The van der Waals surface area contributed by atoms with Crippen molar-refractivity contribution in [3.05, 3.63) is 83.0 Å². The lowest BCUT2D eigenvalue weighted by atomic mass is 10.0. The molecule has 3 heterocycles. The van der Waals surface area contributed by atoms with Gasteiger partial charge in [-0.05, 0) is 36.2 Å². The standard InChI is InChI=1S/C23H19N5O2/c1-30-16-6-2-5-15(13-16)10-12-28-20(14-25-21-22(28)27-23(29)26-21)18-7-3-9-19-17(18)8-4-11-24-19/h2-9,11,13-14H,10,12H2,1H3,(H,25,26,29). The molecule has 7 heteroatoms. The van der Waals surface area contributed by atoms with Crippen LogP contribution in [0.1, 0.15) is 5.56 Å². The average molecular weight is 397 g/mol. The first kappa shape index (κ1) is 18.1. The number of pyridine rings is 1. The molecule has 30 heavy (non-hydrogen) atoms. The molecule has 1 aromatic heterocycles. The molecule has 2 aliphatic heterocycles. The Morgan fingerprint density at radius 3 is 2.87 bits per heavy atom. The summed E-state index contributed by atoms with van der Waals surface area (Å²) in [6, 6.07) is 17.9. The van der Waals surface area contributed by atoms with Crippen molar-refractivity contribution in [1.82, 2.24) is 24.5 Å². The number of H-pyrrole nitrogens is 1. The molecule has 1 N–H and O–H groups in total. The Hall–Kier alpha value is -4.00. The van der Waals surface area contributed by atoms with Gasteiger partial charge in [0.15, 0.2) is 11.6 Å². The van der Waals surface area contributed by atoms with Crippen LogP contribution in [0.3, 0.4) is 0 Å². The van der Waals surface area contributed by atoms with Crippen molar-refractivity contribution >= 4 is 10.9 Å². The third kappa shape index (κ3) is 3.20. The van der Waals surface area contributed by atoms with Crippen molar-refractivity contribution < 1.29 is 4.74 Å². The monoisotopic (exact) mass is 397 g/mol. The lowest BCUT2D eigenvalue weighted by Gasteiger charge is -2.18. The zero-order valence-corrected chi connectivity index (χ0v) is 16.4. The van der Waals surface area contributed by atoms with Crippen LogP contribution in [0.5, 0.6) is 5.75 Å². The summed E-state index contributed by atoms with van der Waals surface area (Å²) in [6.07, 6.45) is 4.31. The van der Waals surface area contributed by atoms with E-state index < -0.39 is 5.69 Å². The summed E-state index contributed by atoms with van der Waals surface area (Å²) in [5.41, 5.74) is 3.52. The smallest absolute Gasteiger partial charge is 0.348 e. The van der Waals surface area contributed by atoms with Crippen LogP contribution in [0, 0.1) is 0 Å². The van der Waals surface area contributed by atoms with Gasteiger partial charge in [0, 0.05) is 23.7 Å². The summed E-state index contributed by atoms with van der Waals surface area (Å²) < 4.78 is 7.38. The van der Waals surface area contributed by atoms with Gasteiger partial charge in [-0.3, -0.25) is 9.97 Å². The second-order valence-corrected chi connectivity index (χ2v) is 6.99. The first-order chi connectivity index (χ1) is 14.7. The maximum Gasteiger partial charge on any atom is 0.348 e. The molecule has 0 atom stereocenters. The molecule has 2 aliphatic rings. The van der Waals surface area contributed by atoms with E-state index in [2.05, 4.69) is 26.0 Å². The number of hydrogen-bond acceptors (Lipinski definition) is 5. The summed E-state index contributed by atoms with van der Waals surface area (Å²) in [5.74, 6) is 1.84. The van der Waals surface area contributed by atoms with E-state index in [1.54, 1.807) is 19.5 Å². The van der Waals surface area contributed by atoms with E-state index in [1.807, 2.05) is 53.1 Å². The van der Waals surface area contributed by atoms with Crippen LogP contribution in [0.25, 0.3) is 33.8 Å². The first-order valence-corrected chi connectivity index (χ1v) is 9.65. The minimum absolute atomic E-state index is 0.399. The highest BCUT2D eigenvalue weighted by atomic mass is 16.5. The maximum atomic E-state index is 11.9. The molecule has 3 aromatic rings. The minimum Gasteiger partial charge on any atom is -0.497 e. The molecular formula is C23H19N5O2. The molecule has 0 spiro atoms. The Bertz CT molecular complexity index is 1370. The van der Waals surface area contributed by atoms with Gasteiger partial charge in [-0.1, -0.05) is 30.3 Å². The minimum atomic E-state index is -0.399. The number of hydrogen-bond donors (Lipinski definition) is 1. The van der Waals surface area contributed by atoms with Gasteiger partial charge in [-0.2, -0.15) is 4.98 Å². The molecule has 5 rings (SSSR count). The van der Waals surface area contributed by atoms with Crippen LogP contribution < -0.4 is 10.4 Å². The lowest BCUT2D eigenvalue weighted by molar-refractivity contribution is 0.414. The van der Waals surface area contributed by atoms with Gasteiger partial charge in [-0.25, -0.2) is 9.78 Å². The molecular weight excluding hydrogens is 378 g/mol. The maximum absolute atomic E-state index is 11.9. The highest BCUT2D eigenvalue weighted by Crippen LogP contribution is 2.30. The van der Waals surface area contributed by atoms with Crippen molar-refractivity contribution in [2.75, 3.05) is 7.11 Å². The normalized spacial score (nSPS) is 11.2. The average Bonchev–Trinajstić information content (AvgIpc) is 3.17. The van der Waals surface area contributed by atoms with E-state index in [4.69, 9.17) is 4.74 Å². The predicted molar refractivity (Wildman–Crippen MR) is 115 cm³/mol. The van der Waals surface area contributed by atoms with Crippen LogP contribution >= 0.6 is 0 Å². The number of rotatable bonds is 5. The number of benzene rings is 2. The Morgan fingerprint density at radius 1 is 1.07 bits per heavy atom. The fraction of sp³-hybridized carbons (Fsp3) is 0.130. The number of aromatic nitrogens is 5. The summed E-state index contributed by atoms with van der Waals surface area (Å²) >= 11 is 0. The van der Waals surface area contributed by atoms with Gasteiger partial charge >= 0.3 is 5.69 Å². The molecule has 0 unspecified atom stereocenters. The fourth-order valence-corrected chi connectivity index (χ4v) is 3.76. The Balaban J connectivity index is 1.65. The molecule has 0 amide bonds. The number of aryl methyl sites for hydroxylation is 1.